The van der Waals surface area contributed by atoms with Gasteiger partial charge in [0.2, 0.25) is 5.91 Å². The molecule has 0 radical (unpaired) electrons. The van der Waals surface area contributed by atoms with E-state index in [-0.39, 0.29) is 23.7 Å². The minimum atomic E-state index is -0.471. The van der Waals surface area contributed by atoms with Crippen LogP contribution in [0.3, 0.4) is 0 Å². The number of halogens is 1. The number of nitrogens with zero attached hydrogens (tertiary/aromatic N) is 1. The normalized spacial score (nSPS) is 10.9. The summed E-state index contributed by atoms with van der Waals surface area (Å²) in [5, 5.41) is 16.3. The van der Waals surface area contributed by atoms with Crippen molar-refractivity contribution >= 4 is 33.2 Å². The number of nitro groups is 1. The van der Waals surface area contributed by atoms with Crippen LogP contribution in [0.25, 0.3) is 0 Å². The van der Waals surface area contributed by atoms with E-state index in [2.05, 4.69) is 26.6 Å². The molecule has 0 saturated heterocycles. The number of anilines is 1. The van der Waals surface area contributed by atoms with Gasteiger partial charge < -0.3 is 10.6 Å². The molecular formula is C12H16BrN3O3. The fraction of sp³-hybridized carbons (Fsp3) is 0.417. The third-order valence-electron chi connectivity index (χ3n) is 2.12. The molecule has 0 saturated carbocycles. The lowest BCUT2D eigenvalue weighted by Crippen LogP contribution is -2.43. The van der Waals surface area contributed by atoms with Gasteiger partial charge in [-0.1, -0.05) is 0 Å². The predicted molar refractivity (Wildman–Crippen MR) is 77.2 cm³/mol. The Labute approximate surface area is 119 Å². The highest BCUT2D eigenvalue weighted by atomic mass is 79.9. The Balaban J connectivity index is 2.64. The molecule has 0 fully saturated rings. The molecule has 104 valence electrons. The number of non-ortho nitro benzene ring substituents is 1. The zero-order chi connectivity index (χ0) is 14.6. The van der Waals surface area contributed by atoms with Crippen molar-refractivity contribution in [3.63, 3.8) is 0 Å². The second-order valence-electron chi connectivity index (χ2n) is 5.07. The quantitative estimate of drug-likeness (QED) is 0.657. The number of carbonyl (C=O) groups excluding carboxylic acids is 1. The van der Waals surface area contributed by atoms with E-state index in [1.807, 2.05) is 20.8 Å². The topological polar surface area (TPSA) is 84.3 Å². The summed E-state index contributed by atoms with van der Waals surface area (Å²) in [5.74, 6) is -0.141. The first-order valence-corrected chi connectivity index (χ1v) is 6.47. The molecule has 0 heterocycles. The van der Waals surface area contributed by atoms with E-state index in [0.29, 0.717) is 10.2 Å². The van der Waals surface area contributed by atoms with Gasteiger partial charge in [-0.15, -0.1) is 0 Å². The molecule has 0 unspecified atom stereocenters. The number of carbonyl (C=O) groups is 1. The standard InChI is InChI=1S/C12H16BrN3O3/c1-12(2,3)15-11(17)7-14-10-5-4-8(16(18)19)6-9(10)13/h4-6,14H,7H2,1-3H3,(H,15,17). The molecule has 0 aromatic heterocycles. The molecule has 7 heteroatoms. The van der Waals surface area contributed by atoms with Crippen LogP contribution in [0.2, 0.25) is 0 Å². The molecular weight excluding hydrogens is 314 g/mol. The van der Waals surface area contributed by atoms with Gasteiger partial charge in [-0.05, 0) is 42.8 Å². The molecule has 1 amide bonds. The zero-order valence-electron chi connectivity index (χ0n) is 11.0. The van der Waals surface area contributed by atoms with Crippen molar-refractivity contribution < 1.29 is 9.72 Å². The highest BCUT2D eigenvalue weighted by Crippen LogP contribution is 2.26. The van der Waals surface area contributed by atoms with Gasteiger partial charge in [0.1, 0.15) is 0 Å². The van der Waals surface area contributed by atoms with Crippen molar-refractivity contribution in [1.82, 2.24) is 5.32 Å². The average Bonchev–Trinajstić information content (AvgIpc) is 2.24. The van der Waals surface area contributed by atoms with Crippen LogP contribution in [-0.4, -0.2) is 22.9 Å². The summed E-state index contributed by atoms with van der Waals surface area (Å²) in [5.41, 5.74) is 0.345. The second-order valence-corrected chi connectivity index (χ2v) is 5.93. The number of hydrogen-bond donors (Lipinski definition) is 2. The van der Waals surface area contributed by atoms with Gasteiger partial charge in [0.25, 0.3) is 5.69 Å². The fourth-order valence-electron chi connectivity index (χ4n) is 1.40. The summed E-state index contributed by atoms with van der Waals surface area (Å²) in [6.07, 6.45) is 0. The van der Waals surface area contributed by atoms with Crippen LogP contribution >= 0.6 is 15.9 Å². The Morgan fingerprint density at radius 1 is 1.42 bits per heavy atom. The summed E-state index contributed by atoms with van der Waals surface area (Å²) in [7, 11) is 0. The van der Waals surface area contributed by atoms with E-state index in [1.165, 1.54) is 12.1 Å². The molecule has 0 aliphatic heterocycles. The van der Waals surface area contributed by atoms with Gasteiger partial charge in [0.05, 0.1) is 11.5 Å². The van der Waals surface area contributed by atoms with Crippen molar-refractivity contribution in [2.45, 2.75) is 26.3 Å². The molecule has 1 aromatic rings. The van der Waals surface area contributed by atoms with Gasteiger partial charge in [-0.25, -0.2) is 0 Å². The Morgan fingerprint density at radius 2 is 2.05 bits per heavy atom. The van der Waals surface area contributed by atoms with Crippen molar-refractivity contribution in [2.75, 3.05) is 11.9 Å². The van der Waals surface area contributed by atoms with Gasteiger partial charge >= 0.3 is 0 Å². The summed E-state index contributed by atoms with van der Waals surface area (Å²) >= 11 is 3.23. The van der Waals surface area contributed by atoms with Crippen LogP contribution in [0.4, 0.5) is 11.4 Å². The third-order valence-corrected chi connectivity index (χ3v) is 2.77. The van der Waals surface area contributed by atoms with E-state index in [9.17, 15) is 14.9 Å². The van der Waals surface area contributed by atoms with Crippen molar-refractivity contribution in [1.29, 1.82) is 0 Å². The van der Waals surface area contributed by atoms with Crippen LogP contribution < -0.4 is 10.6 Å². The Hall–Kier alpha value is -1.63. The van der Waals surface area contributed by atoms with Crippen LogP contribution in [0, 0.1) is 10.1 Å². The Kier molecular flexibility index (Phi) is 4.88. The lowest BCUT2D eigenvalue weighted by atomic mass is 10.1. The molecule has 6 nitrogen and oxygen atoms in total. The number of rotatable bonds is 4. The molecule has 0 aliphatic carbocycles. The summed E-state index contributed by atoms with van der Waals surface area (Å²) in [6.45, 7) is 5.79. The zero-order valence-corrected chi connectivity index (χ0v) is 12.6. The summed E-state index contributed by atoms with van der Waals surface area (Å²) in [4.78, 5) is 21.7. The van der Waals surface area contributed by atoms with Crippen LogP contribution in [-0.2, 0) is 4.79 Å². The Bertz CT molecular complexity index is 497. The molecule has 0 bridgehead atoms. The third kappa shape index (κ3) is 5.25. The molecule has 0 aliphatic rings. The SMILES string of the molecule is CC(C)(C)NC(=O)CNc1ccc([N+](=O)[O-])cc1Br. The van der Waals surface area contributed by atoms with Crippen molar-refractivity contribution in [3.8, 4) is 0 Å². The maximum absolute atomic E-state index is 11.6. The van der Waals surface area contributed by atoms with E-state index in [4.69, 9.17) is 0 Å². The number of nitro benzene ring substituents is 1. The maximum atomic E-state index is 11.6. The molecule has 2 N–H and O–H groups in total. The van der Waals surface area contributed by atoms with E-state index in [1.54, 1.807) is 6.07 Å². The minimum Gasteiger partial charge on any atom is -0.375 e. The fourth-order valence-corrected chi connectivity index (χ4v) is 1.91. The maximum Gasteiger partial charge on any atom is 0.270 e. The highest BCUT2D eigenvalue weighted by Gasteiger charge is 2.14. The average molecular weight is 330 g/mol. The molecule has 1 aromatic carbocycles. The van der Waals surface area contributed by atoms with Crippen molar-refractivity contribution in [3.05, 3.63) is 32.8 Å². The second kappa shape index (κ2) is 6.01. The van der Waals surface area contributed by atoms with Gasteiger partial charge in [-0.2, -0.15) is 0 Å². The lowest BCUT2D eigenvalue weighted by Gasteiger charge is -2.20. The van der Waals surface area contributed by atoms with Crippen LogP contribution in [0.1, 0.15) is 20.8 Å². The Morgan fingerprint density at radius 3 is 2.53 bits per heavy atom. The van der Waals surface area contributed by atoms with Gasteiger partial charge in [0.15, 0.2) is 0 Å². The number of nitrogens with one attached hydrogen (secondary N) is 2. The largest absolute Gasteiger partial charge is 0.375 e. The monoisotopic (exact) mass is 329 g/mol. The highest BCUT2D eigenvalue weighted by molar-refractivity contribution is 9.10. The number of benzene rings is 1. The minimum absolute atomic E-state index is 0.00318. The number of hydrogen-bond acceptors (Lipinski definition) is 4. The summed E-state index contributed by atoms with van der Waals surface area (Å²) < 4.78 is 0.547. The first kappa shape index (κ1) is 15.4. The first-order valence-electron chi connectivity index (χ1n) is 5.68. The van der Waals surface area contributed by atoms with E-state index >= 15 is 0 Å². The lowest BCUT2D eigenvalue weighted by molar-refractivity contribution is -0.384. The van der Waals surface area contributed by atoms with E-state index < -0.39 is 4.92 Å². The molecule has 0 spiro atoms. The number of amides is 1. The van der Waals surface area contributed by atoms with Crippen LogP contribution in [0.5, 0.6) is 0 Å². The molecule has 1 rings (SSSR count). The first-order chi connectivity index (χ1) is 8.69. The molecule has 0 atom stereocenters. The summed E-state index contributed by atoms with van der Waals surface area (Å²) in [6, 6.07) is 4.34. The smallest absolute Gasteiger partial charge is 0.270 e. The van der Waals surface area contributed by atoms with Crippen LogP contribution in [0.15, 0.2) is 22.7 Å². The van der Waals surface area contributed by atoms with Crippen molar-refractivity contribution in [2.24, 2.45) is 0 Å². The van der Waals surface area contributed by atoms with Gasteiger partial charge in [-0.3, -0.25) is 14.9 Å². The van der Waals surface area contributed by atoms with E-state index in [0.717, 1.165) is 0 Å². The van der Waals surface area contributed by atoms with Gasteiger partial charge in [0, 0.05) is 27.8 Å². The predicted octanol–water partition coefficient (Wildman–Crippen LogP) is 2.68. The molecule has 19 heavy (non-hydrogen) atoms.